The van der Waals surface area contributed by atoms with Crippen molar-refractivity contribution in [3.63, 3.8) is 0 Å². The van der Waals surface area contributed by atoms with E-state index in [0.29, 0.717) is 0 Å². The van der Waals surface area contributed by atoms with Gasteiger partial charge in [0.1, 0.15) is 5.82 Å². The van der Waals surface area contributed by atoms with E-state index in [-0.39, 0.29) is 0 Å². The van der Waals surface area contributed by atoms with Crippen molar-refractivity contribution in [3.05, 3.63) is 65.6 Å². The highest BCUT2D eigenvalue weighted by molar-refractivity contribution is 5.45. The standard InChI is InChI=1S/C21H25N7/c1-16-4-6-18(7-5-16)15-24-19-14-17(2)25-21(26-19)28-12-10-27(11-13-28)20-22-8-3-9-23-20/h3-9,14H,10-13,15H2,1-2H3,(H,24,25,26). The first-order valence-electron chi connectivity index (χ1n) is 9.59. The Morgan fingerprint density at radius 1 is 0.857 bits per heavy atom. The largest absolute Gasteiger partial charge is 0.366 e. The van der Waals surface area contributed by atoms with Gasteiger partial charge in [0, 0.05) is 56.9 Å². The molecule has 144 valence electrons. The van der Waals surface area contributed by atoms with E-state index in [1.807, 2.05) is 19.1 Å². The number of nitrogens with one attached hydrogen (secondary N) is 1. The number of aryl methyl sites for hydroxylation is 2. The Labute approximate surface area is 165 Å². The molecule has 0 aliphatic carbocycles. The van der Waals surface area contributed by atoms with E-state index in [2.05, 4.69) is 61.3 Å². The summed E-state index contributed by atoms with van der Waals surface area (Å²) in [6.45, 7) is 8.26. The molecule has 0 spiro atoms. The van der Waals surface area contributed by atoms with Gasteiger partial charge in [0.05, 0.1) is 0 Å². The zero-order valence-electron chi connectivity index (χ0n) is 16.3. The Hall–Kier alpha value is -3.22. The van der Waals surface area contributed by atoms with Gasteiger partial charge in [-0.3, -0.25) is 0 Å². The molecule has 0 saturated carbocycles. The lowest BCUT2D eigenvalue weighted by Crippen LogP contribution is -2.47. The molecule has 0 bridgehead atoms. The highest BCUT2D eigenvalue weighted by Gasteiger charge is 2.21. The van der Waals surface area contributed by atoms with Crippen LogP contribution in [0.25, 0.3) is 0 Å². The van der Waals surface area contributed by atoms with Crippen LogP contribution in [0.3, 0.4) is 0 Å². The quantitative estimate of drug-likeness (QED) is 0.735. The second-order valence-corrected chi connectivity index (χ2v) is 7.06. The number of aromatic nitrogens is 4. The van der Waals surface area contributed by atoms with Crippen molar-refractivity contribution in [1.29, 1.82) is 0 Å². The number of anilines is 3. The molecule has 0 amide bonds. The number of rotatable bonds is 5. The summed E-state index contributed by atoms with van der Waals surface area (Å²) in [7, 11) is 0. The fourth-order valence-corrected chi connectivity index (χ4v) is 3.24. The molecule has 1 saturated heterocycles. The number of hydrogen-bond donors (Lipinski definition) is 1. The minimum absolute atomic E-state index is 0.745. The van der Waals surface area contributed by atoms with E-state index in [1.165, 1.54) is 11.1 Å². The lowest BCUT2D eigenvalue weighted by Gasteiger charge is -2.34. The van der Waals surface area contributed by atoms with E-state index in [1.54, 1.807) is 12.4 Å². The van der Waals surface area contributed by atoms with Gasteiger partial charge in [-0.15, -0.1) is 0 Å². The molecule has 7 nitrogen and oxygen atoms in total. The van der Waals surface area contributed by atoms with E-state index >= 15 is 0 Å². The predicted octanol–water partition coefficient (Wildman–Crippen LogP) is 2.82. The number of piperazine rings is 1. The zero-order valence-corrected chi connectivity index (χ0v) is 16.3. The van der Waals surface area contributed by atoms with Crippen LogP contribution < -0.4 is 15.1 Å². The third-order valence-electron chi connectivity index (χ3n) is 4.83. The van der Waals surface area contributed by atoms with Gasteiger partial charge in [-0.1, -0.05) is 29.8 Å². The molecule has 0 radical (unpaired) electrons. The average molecular weight is 375 g/mol. The fourth-order valence-electron chi connectivity index (χ4n) is 3.24. The molecule has 1 aromatic carbocycles. The second-order valence-electron chi connectivity index (χ2n) is 7.06. The third-order valence-corrected chi connectivity index (χ3v) is 4.83. The molecule has 1 aliphatic heterocycles. The predicted molar refractivity (Wildman–Crippen MR) is 112 cm³/mol. The van der Waals surface area contributed by atoms with E-state index in [9.17, 15) is 0 Å². The average Bonchev–Trinajstić information content (AvgIpc) is 2.74. The molecule has 7 heteroatoms. The van der Waals surface area contributed by atoms with Crippen LogP contribution >= 0.6 is 0 Å². The Bertz CT molecular complexity index is 904. The summed E-state index contributed by atoms with van der Waals surface area (Å²) in [4.78, 5) is 22.5. The molecule has 0 unspecified atom stereocenters. The maximum atomic E-state index is 4.74. The van der Waals surface area contributed by atoms with Gasteiger partial charge in [-0.05, 0) is 25.5 Å². The first-order valence-corrected chi connectivity index (χ1v) is 9.59. The molecular weight excluding hydrogens is 350 g/mol. The first kappa shape index (κ1) is 18.2. The van der Waals surface area contributed by atoms with E-state index in [0.717, 1.165) is 56.1 Å². The van der Waals surface area contributed by atoms with Gasteiger partial charge in [-0.25, -0.2) is 15.0 Å². The maximum Gasteiger partial charge on any atom is 0.227 e. The molecule has 28 heavy (non-hydrogen) atoms. The van der Waals surface area contributed by atoms with Crippen molar-refractivity contribution in [2.24, 2.45) is 0 Å². The van der Waals surface area contributed by atoms with Crippen LogP contribution in [0.5, 0.6) is 0 Å². The third kappa shape index (κ3) is 4.36. The van der Waals surface area contributed by atoms with Crippen LogP contribution in [0.15, 0.2) is 48.8 Å². The minimum atomic E-state index is 0.745. The normalized spacial score (nSPS) is 14.2. The summed E-state index contributed by atoms with van der Waals surface area (Å²) < 4.78 is 0. The second kappa shape index (κ2) is 8.21. The summed E-state index contributed by atoms with van der Waals surface area (Å²) in [6, 6.07) is 12.4. The fraction of sp³-hybridized carbons (Fsp3) is 0.333. The Morgan fingerprint density at radius 2 is 1.50 bits per heavy atom. The highest BCUT2D eigenvalue weighted by atomic mass is 15.4. The van der Waals surface area contributed by atoms with Crippen LogP contribution in [0.1, 0.15) is 16.8 Å². The van der Waals surface area contributed by atoms with Crippen molar-refractivity contribution in [1.82, 2.24) is 19.9 Å². The van der Waals surface area contributed by atoms with E-state index < -0.39 is 0 Å². The molecule has 1 fully saturated rings. The zero-order chi connectivity index (χ0) is 19.3. The summed E-state index contributed by atoms with van der Waals surface area (Å²) >= 11 is 0. The SMILES string of the molecule is Cc1ccc(CNc2cc(C)nc(N3CCN(c4ncccn4)CC3)n2)cc1. The Morgan fingerprint density at radius 3 is 2.18 bits per heavy atom. The van der Waals surface area contributed by atoms with Crippen LogP contribution in [0, 0.1) is 13.8 Å². The van der Waals surface area contributed by atoms with Crippen molar-refractivity contribution in [3.8, 4) is 0 Å². The van der Waals surface area contributed by atoms with Gasteiger partial charge in [-0.2, -0.15) is 4.98 Å². The molecule has 4 rings (SSSR count). The number of nitrogens with zero attached hydrogens (tertiary/aromatic N) is 6. The van der Waals surface area contributed by atoms with Crippen molar-refractivity contribution in [2.45, 2.75) is 20.4 Å². The van der Waals surface area contributed by atoms with Gasteiger partial charge in [0.15, 0.2) is 0 Å². The lowest BCUT2D eigenvalue weighted by molar-refractivity contribution is 0.627. The minimum Gasteiger partial charge on any atom is -0.366 e. The topological polar surface area (TPSA) is 70.1 Å². The summed E-state index contributed by atoms with van der Waals surface area (Å²) in [5.41, 5.74) is 3.47. The summed E-state index contributed by atoms with van der Waals surface area (Å²) in [5, 5.41) is 3.43. The van der Waals surface area contributed by atoms with Gasteiger partial charge >= 0.3 is 0 Å². The monoisotopic (exact) mass is 375 g/mol. The molecule has 1 N–H and O–H groups in total. The number of benzene rings is 1. The number of hydrogen-bond acceptors (Lipinski definition) is 7. The Kier molecular flexibility index (Phi) is 5.32. The van der Waals surface area contributed by atoms with Gasteiger partial charge in [0.2, 0.25) is 11.9 Å². The van der Waals surface area contributed by atoms with Gasteiger partial charge in [0.25, 0.3) is 0 Å². The van der Waals surface area contributed by atoms with Crippen molar-refractivity contribution >= 4 is 17.7 Å². The molecule has 0 atom stereocenters. The van der Waals surface area contributed by atoms with Crippen molar-refractivity contribution < 1.29 is 0 Å². The van der Waals surface area contributed by atoms with Crippen molar-refractivity contribution in [2.75, 3.05) is 41.3 Å². The van der Waals surface area contributed by atoms with Crippen LogP contribution in [0.2, 0.25) is 0 Å². The summed E-state index contributed by atoms with van der Waals surface area (Å²) in [5.74, 6) is 2.42. The van der Waals surface area contributed by atoms with Gasteiger partial charge < -0.3 is 15.1 Å². The maximum absolute atomic E-state index is 4.74. The molecule has 3 heterocycles. The smallest absolute Gasteiger partial charge is 0.227 e. The molecular formula is C21H25N7. The van der Waals surface area contributed by atoms with E-state index in [4.69, 9.17) is 4.98 Å². The van der Waals surface area contributed by atoms with Crippen LogP contribution in [0.4, 0.5) is 17.7 Å². The van der Waals surface area contributed by atoms with Crippen LogP contribution in [-0.2, 0) is 6.54 Å². The summed E-state index contributed by atoms with van der Waals surface area (Å²) in [6.07, 6.45) is 3.56. The molecule has 2 aromatic heterocycles. The van der Waals surface area contributed by atoms with Crippen LogP contribution in [-0.4, -0.2) is 46.1 Å². The Balaban J connectivity index is 1.40. The molecule has 1 aliphatic rings. The molecule has 3 aromatic rings. The first-order chi connectivity index (χ1) is 13.7. The lowest BCUT2D eigenvalue weighted by atomic mass is 10.1. The highest BCUT2D eigenvalue weighted by Crippen LogP contribution is 2.18.